The molecule has 1 aromatic heterocycles. The van der Waals surface area contributed by atoms with Gasteiger partial charge in [-0.15, -0.1) is 0 Å². The van der Waals surface area contributed by atoms with Gasteiger partial charge in [-0.2, -0.15) is 0 Å². The number of amides is 1. The molecule has 2 aliphatic rings. The van der Waals surface area contributed by atoms with E-state index in [0.29, 0.717) is 25.2 Å². The van der Waals surface area contributed by atoms with Crippen LogP contribution in [0.3, 0.4) is 0 Å². The van der Waals surface area contributed by atoms with Gasteiger partial charge in [-0.25, -0.2) is 9.78 Å². The van der Waals surface area contributed by atoms with Gasteiger partial charge in [0.1, 0.15) is 11.4 Å². The van der Waals surface area contributed by atoms with Crippen LogP contribution in [-0.2, 0) is 4.74 Å². The Labute approximate surface area is 169 Å². The van der Waals surface area contributed by atoms with Gasteiger partial charge >= 0.3 is 6.09 Å². The number of aromatic nitrogens is 1. The molecule has 0 aliphatic carbocycles. The standard InChI is InChI=1S/C22H36N4O2/c1-17(2)26-11-7-6-8-19(26)18-9-10-20(23-16-18)24-12-14-25(15-13-24)21(27)28-22(3,4)5/h9-10,16-17,19H,6-8,11-15H2,1-5H3. The summed E-state index contributed by atoms with van der Waals surface area (Å²) in [6.07, 6.45) is 5.64. The Morgan fingerprint density at radius 1 is 1.11 bits per heavy atom. The van der Waals surface area contributed by atoms with Crippen LogP contribution in [-0.4, -0.2) is 65.2 Å². The van der Waals surface area contributed by atoms with E-state index in [9.17, 15) is 4.79 Å². The first-order valence-electron chi connectivity index (χ1n) is 10.7. The fourth-order valence-corrected chi connectivity index (χ4v) is 4.16. The van der Waals surface area contributed by atoms with Crippen molar-refractivity contribution in [1.29, 1.82) is 0 Å². The van der Waals surface area contributed by atoms with Crippen molar-refractivity contribution < 1.29 is 9.53 Å². The molecule has 1 unspecified atom stereocenters. The number of rotatable bonds is 3. The lowest BCUT2D eigenvalue weighted by molar-refractivity contribution is 0.0240. The van der Waals surface area contributed by atoms with Crippen LogP contribution in [0.1, 0.15) is 65.5 Å². The van der Waals surface area contributed by atoms with Crippen molar-refractivity contribution >= 4 is 11.9 Å². The highest BCUT2D eigenvalue weighted by Crippen LogP contribution is 2.32. The number of pyridine rings is 1. The molecule has 2 saturated heterocycles. The smallest absolute Gasteiger partial charge is 0.410 e. The zero-order valence-corrected chi connectivity index (χ0v) is 18.1. The molecule has 1 atom stereocenters. The summed E-state index contributed by atoms with van der Waals surface area (Å²) in [6.45, 7) is 14.4. The number of hydrogen-bond acceptors (Lipinski definition) is 5. The summed E-state index contributed by atoms with van der Waals surface area (Å²) in [5.41, 5.74) is 0.874. The van der Waals surface area contributed by atoms with Gasteiger partial charge in [0.2, 0.25) is 0 Å². The largest absolute Gasteiger partial charge is 0.444 e. The van der Waals surface area contributed by atoms with Gasteiger partial charge in [0.15, 0.2) is 0 Å². The van der Waals surface area contributed by atoms with E-state index in [0.717, 1.165) is 18.9 Å². The van der Waals surface area contributed by atoms with Crippen LogP contribution < -0.4 is 4.90 Å². The molecule has 3 rings (SSSR count). The zero-order chi connectivity index (χ0) is 20.3. The molecule has 1 aromatic rings. The molecule has 28 heavy (non-hydrogen) atoms. The molecule has 1 amide bonds. The number of carbonyl (C=O) groups is 1. The number of likely N-dealkylation sites (tertiary alicyclic amines) is 1. The maximum absolute atomic E-state index is 12.2. The first kappa shape index (κ1) is 20.9. The molecule has 0 saturated carbocycles. The summed E-state index contributed by atoms with van der Waals surface area (Å²) in [4.78, 5) is 23.6. The van der Waals surface area contributed by atoms with Crippen LogP contribution in [0.2, 0.25) is 0 Å². The second-order valence-corrected chi connectivity index (χ2v) is 9.25. The van der Waals surface area contributed by atoms with Gasteiger partial charge < -0.3 is 14.5 Å². The SMILES string of the molecule is CC(C)N1CCCCC1c1ccc(N2CCN(C(=O)OC(C)(C)C)CC2)nc1. The van der Waals surface area contributed by atoms with Crippen molar-refractivity contribution in [1.82, 2.24) is 14.8 Å². The topological polar surface area (TPSA) is 48.9 Å². The Balaban J connectivity index is 1.58. The van der Waals surface area contributed by atoms with Crippen molar-refractivity contribution in [3.8, 4) is 0 Å². The lowest BCUT2D eigenvalue weighted by atomic mass is 9.95. The quantitative estimate of drug-likeness (QED) is 0.781. The summed E-state index contributed by atoms with van der Waals surface area (Å²) in [5.74, 6) is 1.000. The highest BCUT2D eigenvalue weighted by atomic mass is 16.6. The Kier molecular flexibility index (Phi) is 6.48. The van der Waals surface area contributed by atoms with Gasteiger partial charge in [0, 0.05) is 44.5 Å². The highest BCUT2D eigenvalue weighted by molar-refractivity contribution is 5.68. The normalized spacial score (nSPS) is 21.9. The molecule has 156 valence electrons. The van der Waals surface area contributed by atoms with Crippen LogP contribution in [0.15, 0.2) is 18.3 Å². The molecule has 0 radical (unpaired) electrons. The molecule has 6 heteroatoms. The van der Waals surface area contributed by atoms with Crippen molar-refractivity contribution in [3.05, 3.63) is 23.9 Å². The molecule has 2 aliphatic heterocycles. The number of anilines is 1. The third-order valence-corrected chi connectivity index (χ3v) is 5.62. The van der Waals surface area contributed by atoms with Gasteiger partial charge in [-0.05, 0) is 65.6 Å². The third-order valence-electron chi connectivity index (χ3n) is 5.62. The predicted octanol–water partition coefficient (Wildman–Crippen LogP) is 4.07. The van der Waals surface area contributed by atoms with Crippen LogP contribution in [0, 0.1) is 0 Å². The van der Waals surface area contributed by atoms with Crippen LogP contribution in [0.5, 0.6) is 0 Å². The lowest BCUT2D eigenvalue weighted by Gasteiger charge is -2.39. The molecule has 0 bridgehead atoms. The van der Waals surface area contributed by atoms with E-state index in [1.807, 2.05) is 20.8 Å². The first-order valence-corrected chi connectivity index (χ1v) is 10.7. The van der Waals surface area contributed by atoms with Gasteiger partial charge in [-0.3, -0.25) is 4.90 Å². The summed E-state index contributed by atoms with van der Waals surface area (Å²) in [5, 5.41) is 0. The molecular weight excluding hydrogens is 352 g/mol. The average Bonchev–Trinajstić information content (AvgIpc) is 2.67. The Hall–Kier alpha value is -1.82. The van der Waals surface area contributed by atoms with E-state index >= 15 is 0 Å². The van der Waals surface area contributed by atoms with Crippen LogP contribution in [0.4, 0.5) is 10.6 Å². The number of piperazine rings is 1. The number of carbonyl (C=O) groups excluding carboxylic acids is 1. The van der Waals surface area contributed by atoms with Gasteiger partial charge in [0.25, 0.3) is 0 Å². The number of nitrogens with zero attached hydrogens (tertiary/aromatic N) is 4. The molecule has 2 fully saturated rings. The lowest BCUT2D eigenvalue weighted by Crippen LogP contribution is -2.50. The molecule has 0 spiro atoms. The molecule has 0 N–H and O–H groups in total. The Bertz CT molecular complexity index is 645. The summed E-state index contributed by atoms with van der Waals surface area (Å²) in [6, 6.07) is 5.43. The van der Waals surface area contributed by atoms with E-state index in [4.69, 9.17) is 9.72 Å². The molecular formula is C22H36N4O2. The third kappa shape index (κ3) is 5.16. The van der Waals surface area contributed by atoms with E-state index in [1.54, 1.807) is 4.90 Å². The minimum atomic E-state index is -0.450. The number of hydrogen-bond donors (Lipinski definition) is 0. The van der Waals surface area contributed by atoms with Crippen LogP contribution >= 0.6 is 0 Å². The highest BCUT2D eigenvalue weighted by Gasteiger charge is 2.28. The van der Waals surface area contributed by atoms with Crippen molar-refractivity contribution in [2.24, 2.45) is 0 Å². The monoisotopic (exact) mass is 388 g/mol. The minimum Gasteiger partial charge on any atom is -0.444 e. The maximum Gasteiger partial charge on any atom is 0.410 e. The van der Waals surface area contributed by atoms with E-state index in [2.05, 4.69) is 42.0 Å². The number of ether oxygens (including phenoxy) is 1. The van der Waals surface area contributed by atoms with Crippen molar-refractivity contribution in [2.75, 3.05) is 37.6 Å². The van der Waals surface area contributed by atoms with Gasteiger partial charge in [0.05, 0.1) is 0 Å². The van der Waals surface area contributed by atoms with E-state index in [1.165, 1.54) is 31.4 Å². The predicted molar refractivity (Wildman–Crippen MR) is 113 cm³/mol. The molecule has 3 heterocycles. The molecule has 0 aromatic carbocycles. The molecule has 6 nitrogen and oxygen atoms in total. The Morgan fingerprint density at radius 3 is 2.39 bits per heavy atom. The summed E-state index contributed by atoms with van der Waals surface area (Å²) < 4.78 is 5.48. The second-order valence-electron chi connectivity index (χ2n) is 9.25. The number of piperidine rings is 1. The van der Waals surface area contributed by atoms with Crippen molar-refractivity contribution in [2.45, 2.75) is 71.6 Å². The average molecular weight is 389 g/mol. The fourth-order valence-electron chi connectivity index (χ4n) is 4.16. The summed E-state index contributed by atoms with van der Waals surface area (Å²) >= 11 is 0. The van der Waals surface area contributed by atoms with Crippen LogP contribution in [0.25, 0.3) is 0 Å². The minimum absolute atomic E-state index is 0.221. The first-order chi connectivity index (χ1) is 13.2. The second kappa shape index (κ2) is 8.68. The van der Waals surface area contributed by atoms with E-state index < -0.39 is 5.60 Å². The van der Waals surface area contributed by atoms with Gasteiger partial charge in [-0.1, -0.05) is 12.5 Å². The fraction of sp³-hybridized carbons (Fsp3) is 0.727. The van der Waals surface area contributed by atoms with E-state index in [-0.39, 0.29) is 6.09 Å². The summed E-state index contributed by atoms with van der Waals surface area (Å²) in [7, 11) is 0. The Morgan fingerprint density at radius 2 is 1.82 bits per heavy atom. The van der Waals surface area contributed by atoms with Crippen molar-refractivity contribution in [3.63, 3.8) is 0 Å². The maximum atomic E-state index is 12.2. The zero-order valence-electron chi connectivity index (χ0n) is 18.1.